The molecule has 0 aromatic rings. The summed E-state index contributed by atoms with van der Waals surface area (Å²) >= 11 is 0. The first-order valence-corrected chi connectivity index (χ1v) is 2.34. The molecule has 0 unspecified atom stereocenters. The lowest BCUT2D eigenvalue weighted by Gasteiger charge is -1.90. The molecular formula is C5H10N2O. The Morgan fingerprint density at radius 1 is 1.25 bits per heavy atom. The summed E-state index contributed by atoms with van der Waals surface area (Å²) in [4.78, 5) is 3.79. The van der Waals surface area contributed by atoms with E-state index in [4.69, 9.17) is 5.21 Å². The molecule has 0 heterocycles. The zero-order valence-electron chi connectivity index (χ0n) is 5.34. The molecule has 0 fully saturated rings. The Balaban J connectivity index is 4.04. The summed E-state index contributed by atoms with van der Waals surface area (Å²) < 4.78 is 0. The SMILES string of the molecule is CN=C(C)/C(C)=N/O. The second-order valence-corrected chi connectivity index (χ2v) is 1.49. The molecule has 8 heavy (non-hydrogen) atoms. The van der Waals surface area contributed by atoms with Gasteiger partial charge in [0, 0.05) is 7.05 Å². The van der Waals surface area contributed by atoms with Crippen LogP contribution in [0, 0.1) is 0 Å². The van der Waals surface area contributed by atoms with Crippen molar-refractivity contribution in [3.63, 3.8) is 0 Å². The summed E-state index contributed by atoms with van der Waals surface area (Å²) in [6, 6.07) is 0. The zero-order chi connectivity index (χ0) is 6.57. The quantitative estimate of drug-likeness (QED) is 0.307. The topological polar surface area (TPSA) is 45.0 Å². The molecule has 0 aliphatic heterocycles. The zero-order valence-corrected chi connectivity index (χ0v) is 5.34. The molecular weight excluding hydrogens is 104 g/mol. The highest BCUT2D eigenvalue weighted by Gasteiger charge is 1.91. The third-order valence-corrected chi connectivity index (χ3v) is 1.01. The van der Waals surface area contributed by atoms with Crippen LogP contribution in [-0.4, -0.2) is 23.7 Å². The molecule has 46 valence electrons. The molecule has 0 atom stereocenters. The van der Waals surface area contributed by atoms with E-state index in [2.05, 4.69) is 10.1 Å². The van der Waals surface area contributed by atoms with Crippen molar-refractivity contribution in [2.75, 3.05) is 7.05 Å². The molecule has 1 N–H and O–H groups in total. The minimum atomic E-state index is 0.563. The molecule has 0 radical (unpaired) electrons. The molecule has 0 aromatic heterocycles. The molecule has 0 bridgehead atoms. The fourth-order valence-electron chi connectivity index (χ4n) is 0.234. The molecule has 0 aromatic carbocycles. The Morgan fingerprint density at radius 3 is 1.88 bits per heavy atom. The maximum atomic E-state index is 8.14. The second kappa shape index (κ2) is 3.18. The molecule has 3 nitrogen and oxygen atoms in total. The lowest BCUT2D eigenvalue weighted by atomic mass is 10.3. The fourth-order valence-corrected chi connectivity index (χ4v) is 0.234. The largest absolute Gasteiger partial charge is 0.411 e. The summed E-state index contributed by atoms with van der Waals surface area (Å²) in [5, 5.41) is 11.1. The van der Waals surface area contributed by atoms with Crippen LogP contribution in [-0.2, 0) is 0 Å². The first kappa shape index (κ1) is 7.14. The van der Waals surface area contributed by atoms with Crippen molar-refractivity contribution in [1.29, 1.82) is 0 Å². The van der Waals surface area contributed by atoms with Crippen molar-refractivity contribution in [2.24, 2.45) is 10.1 Å². The van der Waals surface area contributed by atoms with Crippen LogP contribution in [0.2, 0.25) is 0 Å². The van der Waals surface area contributed by atoms with E-state index >= 15 is 0 Å². The molecule has 0 saturated heterocycles. The van der Waals surface area contributed by atoms with Gasteiger partial charge in [-0.3, -0.25) is 4.99 Å². The predicted molar refractivity (Wildman–Crippen MR) is 33.9 cm³/mol. The molecule has 0 rings (SSSR count). The van der Waals surface area contributed by atoms with Gasteiger partial charge in [0.1, 0.15) is 0 Å². The molecule has 0 saturated carbocycles. The number of hydrogen-bond acceptors (Lipinski definition) is 3. The van der Waals surface area contributed by atoms with Crippen molar-refractivity contribution in [1.82, 2.24) is 0 Å². The van der Waals surface area contributed by atoms with E-state index in [1.165, 1.54) is 0 Å². The van der Waals surface area contributed by atoms with E-state index in [0.717, 1.165) is 5.71 Å². The average molecular weight is 114 g/mol. The van der Waals surface area contributed by atoms with Crippen LogP contribution in [0.4, 0.5) is 0 Å². The Hall–Kier alpha value is -0.860. The normalized spacial score (nSPS) is 14.4. The summed E-state index contributed by atoms with van der Waals surface area (Å²) in [6.45, 7) is 3.48. The predicted octanol–water partition coefficient (Wildman–Crippen LogP) is 0.927. The van der Waals surface area contributed by atoms with Crippen molar-refractivity contribution in [3.8, 4) is 0 Å². The van der Waals surface area contributed by atoms with Gasteiger partial charge in [-0.2, -0.15) is 0 Å². The average Bonchev–Trinajstić information content (AvgIpc) is 1.84. The first-order valence-electron chi connectivity index (χ1n) is 2.34. The van der Waals surface area contributed by atoms with Crippen LogP contribution in [0.25, 0.3) is 0 Å². The van der Waals surface area contributed by atoms with Crippen LogP contribution < -0.4 is 0 Å². The summed E-state index contributed by atoms with van der Waals surface area (Å²) in [6.07, 6.45) is 0. The summed E-state index contributed by atoms with van der Waals surface area (Å²) in [5.74, 6) is 0. The van der Waals surface area contributed by atoms with E-state index < -0.39 is 0 Å². The Labute approximate surface area is 48.7 Å². The Bertz CT molecular complexity index is 110. The molecule has 0 spiro atoms. The van der Waals surface area contributed by atoms with Crippen molar-refractivity contribution in [2.45, 2.75) is 13.8 Å². The number of rotatable bonds is 1. The highest BCUT2D eigenvalue weighted by atomic mass is 16.4. The van der Waals surface area contributed by atoms with Crippen molar-refractivity contribution in [3.05, 3.63) is 0 Å². The van der Waals surface area contributed by atoms with Crippen LogP contribution in [0.5, 0.6) is 0 Å². The Morgan fingerprint density at radius 2 is 1.75 bits per heavy atom. The van der Waals surface area contributed by atoms with Gasteiger partial charge >= 0.3 is 0 Å². The van der Waals surface area contributed by atoms with Gasteiger partial charge in [-0.1, -0.05) is 5.16 Å². The minimum absolute atomic E-state index is 0.563. The summed E-state index contributed by atoms with van der Waals surface area (Å²) in [7, 11) is 1.66. The lowest BCUT2D eigenvalue weighted by molar-refractivity contribution is 0.320. The van der Waals surface area contributed by atoms with Gasteiger partial charge in [-0.05, 0) is 13.8 Å². The molecule has 0 amide bonds. The van der Waals surface area contributed by atoms with Gasteiger partial charge in [0.25, 0.3) is 0 Å². The third-order valence-electron chi connectivity index (χ3n) is 1.01. The highest BCUT2D eigenvalue weighted by molar-refractivity contribution is 6.40. The van der Waals surface area contributed by atoms with Crippen molar-refractivity contribution >= 4 is 11.4 Å². The standard InChI is InChI=1S/C5H10N2O/c1-4(6-3)5(2)7-8/h8H,1-3H3/b6-4?,7-5+. The van der Waals surface area contributed by atoms with Gasteiger partial charge in [0.15, 0.2) is 0 Å². The molecule has 0 aliphatic rings. The number of aliphatic imine (C=N–C) groups is 1. The number of nitrogens with zero attached hydrogens (tertiary/aromatic N) is 2. The molecule has 3 heteroatoms. The van der Waals surface area contributed by atoms with Crippen LogP contribution in [0.1, 0.15) is 13.8 Å². The number of hydrogen-bond donors (Lipinski definition) is 1. The maximum Gasteiger partial charge on any atom is 0.0971 e. The lowest BCUT2D eigenvalue weighted by Crippen LogP contribution is -2.04. The monoisotopic (exact) mass is 114 g/mol. The first-order chi connectivity index (χ1) is 3.72. The second-order valence-electron chi connectivity index (χ2n) is 1.49. The number of oxime groups is 1. The Kier molecular flexibility index (Phi) is 2.84. The van der Waals surface area contributed by atoms with E-state index in [1.807, 2.05) is 0 Å². The van der Waals surface area contributed by atoms with E-state index in [9.17, 15) is 0 Å². The molecule has 0 aliphatic carbocycles. The van der Waals surface area contributed by atoms with Crippen LogP contribution >= 0.6 is 0 Å². The van der Waals surface area contributed by atoms with E-state index in [-0.39, 0.29) is 0 Å². The van der Waals surface area contributed by atoms with Crippen molar-refractivity contribution < 1.29 is 5.21 Å². The van der Waals surface area contributed by atoms with Crippen LogP contribution in [0.15, 0.2) is 10.1 Å². The van der Waals surface area contributed by atoms with Gasteiger partial charge in [-0.25, -0.2) is 0 Å². The fraction of sp³-hybridized carbons (Fsp3) is 0.600. The summed E-state index contributed by atoms with van der Waals surface area (Å²) in [5.41, 5.74) is 1.32. The smallest absolute Gasteiger partial charge is 0.0971 e. The van der Waals surface area contributed by atoms with Gasteiger partial charge in [0.2, 0.25) is 0 Å². The third kappa shape index (κ3) is 1.73. The minimum Gasteiger partial charge on any atom is -0.411 e. The van der Waals surface area contributed by atoms with Gasteiger partial charge in [-0.15, -0.1) is 0 Å². The highest BCUT2D eigenvalue weighted by Crippen LogP contribution is 1.79. The van der Waals surface area contributed by atoms with Gasteiger partial charge < -0.3 is 5.21 Å². The van der Waals surface area contributed by atoms with E-state index in [0.29, 0.717) is 5.71 Å². The maximum absolute atomic E-state index is 8.14. The van der Waals surface area contributed by atoms with E-state index in [1.54, 1.807) is 20.9 Å². The van der Waals surface area contributed by atoms with Crippen LogP contribution in [0.3, 0.4) is 0 Å². The van der Waals surface area contributed by atoms with Gasteiger partial charge in [0.05, 0.1) is 11.4 Å².